The van der Waals surface area contributed by atoms with Gasteiger partial charge in [0.05, 0.1) is 13.2 Å². The standard InChI is InChI=1S/C12H20O7/c1-5-12(15-4)18-8(10(13)16-6-2)9(19-12)11(14)17-7-3/h8-9H,5-7H2,1-4H3/t8-,9-/m1/s1. The topological polar surface area (TPSA) is 80.3 Å². The van der Waals surface area contributed by atoms with Gasteiger partial charge in [0.15, 0.2) is 12.2 Å². The molecule has 0 unspecified atom stereocenters. The first-order valence-corrected chi connectivity index (χ1v) is 6.27. The molecule has 0 saturated carbocycles. The van der Waals surface area contributed by atoms with Crippen molar-refractivity contribution in [2.24, 2.45) is 0 Å². The molecule has 1 aliphatic heterocycles. The lowest BCUT2D eigenvalue weighted by Gasteiger charge is -2.23. The second-order valence-corrected chi connectivity index (χ2v) is 3.82. The van der Waals surface area contributed by atoms with Gasteiger partial charge in [0.25, 0.3) is 5.97 Å². The van der Waals surface area contributed by atoms with Crippen LogP contribution in [0.4, 0.5) is 0 Å². The van der Waals surface area contributed by atoms with Crippen LogP contribution >= 0.6 is 0 Å². The molecular formula is C12H20O7. The molecule has 0 amide bonds. The van der Waals surface area contributed by atoms with Crippen molar-refractivity contribution in [1.29, 1.82) is 0 Å². The molecule has 0 N–H and O–H groups in total. The van der Waals surface area contributed by atoms with Crippen molar-refractivity contribution in [2.45, 2.75) is 45.4 Å². The first-order chi connectivity index (χ1) is 9.03. The number of ether oxygens (including phenoxy) is 5. The van der Waals surface area contributed by atoms with Crippen molar-refractivity contribution in [3.05, 3.63) is 0 Å². The summed E-state index contributed by atoms with van der Waals surface area (Å²) >= 11 is 0. The molecule has 110 valence electrons. The normalized spacial score (nSPS) is 25.1. The van der Waals surface area contributed by atoms with Gasteiger partial charge in [0.1, 0.15) is 0 Å². The second kappa shape index (κ2) is 6.83. The predicted octanol–water partition coefficient (Wildman–Crippen LogP) is 0.607. The molecule has 0 aromatic rings. The minimum Gasteiger partial charge on any atom is -0.464 e. The maximum Gasteiger partial charge on any atom is 0.338 e. The summed E-state index contributed by atoms with van der Waals surface area (Å²) in [4.78, 5) is 23.6. The average Bonchev–Trinajstić information content (AvgIpc) is 2.80. The van der Waals surface area contributed by atoms with Gasteiger partial charge in [0, 0.05) is 13.5 Å². The fourth-order valence-corrected chi connectivity index (χ4v) is 1.74. The Morgan fingerprint density at radius 1 is 1.00 bits per heavy atom. The van der Waals surface area contributed by atoms with Gasteiger partial charge in [-0.15, -0.1) is 0 Å². The Bertz CT molecular complexity index is 296. The van der Waals surface area contributed by atoms with Crippen molar-refractivity contribution in [3.8, 4) is 0 Å². The third-order valence-corrected chi connectivity index (χ3v) is 2.67. The number of rotatable bonds is 6. The predicted molar refractivity (Wildman–Crippen MR) is 63.0 cm³/mol. The molecule has 2 atom stereocenters. The van der Waals surface area contributed by atoms with E-state index in [-0.39, 0.29) is 13.2 Å². The van der Waals surface area contributed by atoms with E-state index < -0.39 is 30.1 Å². The summed E-state index contributed by atoms with van der Waals surface area (Å²) in [6.07, 6.45) is -2.05. The maximum absolute atomic E-state index is 11.8. The van der Waals surface area contributed by atoms with E-state index in [9.17, 15) is 9.59 Å². The molecule has 1 aliphatic rings. The lowest BCUT2D eigenvalue weighted by molar-refractivity contribution is -0.330. The van der Waals surface area contributed by atoms with Gasteiger partial charge in [-0.05, 0) is 13.8 Å². The summed E-state index contributed by atoms with van der Waals surface area (Å²) in [7, 11) is 1.37. The van der Waals surface area contributed by atoms with Gasteiger partial charge < -0.3 is 23.7 Å². The lowest BCUT2D eigenvalue weighted by Crippen LogP contribution is -2.39. The number of hydrogen-bond donors (Lipinski definition) is 0. The molecule has 1 heterocycles. The molecule has 0 radical (unpaired) electrons. The van der Waals surface area contributed by atoms with Gasteiger partial charge in [-0.25, -0.2) is 9.59 Å². The van der Waals surface area contributed by atoms with Crippen molar-refractivity contribution < 1.29 is 33.3 Å². The van der Waals surface area contributed by atoms with Crippen molar-refractivity contribution in [2.75, 3.05) is 20.3 Å². The van der Waals surface area contributed by atoms with Crippen LogP contribution in [0, 0.1) is 0 Å². The molecule has 0 bridgehead atoms. The monoisotopic (exact) mass is 276 g/mol. The Balaban J connectivity index is 2.89. The number of hydrogen-bond acceptors (Lipinski definition) is 7. The smallest absolute Gasteiger partial charge is 0.338 e. The second-order valence-electron chi connectivity index (χ2n) is 3.82. The Morgan fingerprint density at radius 3 is 1.68 bits per heavy atom. The van der Waals surface area contributed by atoms with E-state index >= 15 is 0 Å². The third-order valence-electron chi connectivity index (χ3n) is 2.67. The molecule has 7 heteroatoms. The number of carbonyl (C=O) groups excluding carboxylic acids is 2. The summed E-state index contributed by atoms with van der Waals surface area (Å²) < 4.78 is 25.7. The Hall–Kier alpha value is -1.18. The molecular weight excluding hydrogens is 256 g/mol. The molecule has 19 heavy (non-hydrogen) atoms. The highest BCUT2D eigenvalue weighted by atomic mass is 16.9. The maximum atomic E-state index is 11.8. The first-order valence-electron chi connectivity index (χ1n) is 6.27. The van der Waals surface area contributed by atoms with E-state index in [2.05, 4.69) is 0 Å². The van der Waals surface area contributed by atoms with Crippen LogP contribution in [0.2, 0.25) is 0 Å². The lowest BCUT2D eigenvalue weighted by atomic mass is 10.2. The summed E-state index contributed by atoms with van der Waals surface area (Å²) in [6.45, 7) is 5.44. The Kier molecular flexibility index (Phi) is 5.71. The molecule has 1 fully saturated rings. The van der Waals surface area contributed by atoms with E-state index in [0.29, 0.717) is 6.42 Å². The minimum atomic E-state index is -1.42. The highest BCUT2D eigenvalue weighted by molar-refractivity contribution is 5.86. The molecule has 7 nitrogen and oxygen atoms in total. The number of carbonyl (C=O) groups is 2. The Morgan fingerprint density at radius 2 is 1.42 bits per heavy atom. The molecule has 1 saturated heterocycles. The van der Waals surface area contributed by atoms with Crippen molar-refractivity contribution in [3.63, 3.8) is 0 Å². The highest BCUT2D eigenvalue weighted by Gasteiger charge is 2.54. The fourth-order valence-electron chi connectivity index (χ4n) is 1.74. The summed E-state index contributed by atoms with van der Waals surface area (Å²) in [6, 6.07) is 0. The van der Waals surface area contributed by atoms with Crippen LogP contribution in [-0.2, 0) is 33.3 Å². The van der Waals surface area contributed by atoms with Gasteiger partial charge in [-0.1, -0.05) is 6.92 Å². The zero-order chi connectivity index (χ0) is 14.5. The highest BCUT2D eigenvalue weighted by Crippen LogP contribution is 2.33. The zero-order valence-corrected chi connectivity index (χ0v) is 11.6. The van der Waals surface area contributed by atoms with Gasteiger partial charge in [-0.2, -0.15) is 0 Å². The first kappa shape index (κ1) is 15.9. The van der Waals surface area contributed by atoms with E-state index in [1.807, 2.05) is 0 Å². The molecule has 0 aromatic carbocycles. The van der Waals surface area contributed by atoms with Crippen molar-refractivity contribution >= 4 is 11.9 Å². The summed E-state index contributed by atoms with van der Waals surface area (Å²) in [5.74, 6) is -2.77. The molecule has 0 aliphatic carbocycles. The van der Waals surface area contributed by atoms with Crippen LogP contribution in [0.15, 0.2) is 0 Å². The van der Waals surface area contributed by atoms with E-state index in [4.69, 9.17) is 23.7 Å². The summed E-state index contributed by atoms with van der Waals surface area (Å²) in [5.41, 5.74) is 0. The van der Waals surface area contributed by atoms with Crippen LogP contribution in [0.25, 0.3) is 0 Å². The fraction of sp³-hybridized carbons (Fsp3) is 0.833. The van der Waals surface area contributed by atoms with Crippen LogP contribution in [0.3, 0.4) is 0 Å². The molecule has 0 spiro atoms. The third kappa shape index (κ3) is 3.43. The largest absolute Gasteiger partial charge is 0.464 e. The van der Waals surface area contributed by atoms with Crippen LogP contribution in [-0.4, -0.2) is 50.4 Å². The molecule has 1 rings (SSSR count). The summed E-state index contributed by atoms with van der Waals surface area (Å²) in [5, 5.41) is 0. The van der Waals surface area contributed by atoms with E-state index in [1.54, 1.807) is 20.8 Å². The van der Waals surface area contributed by atoms with Crippen LogP contribution in [0.1, 0.15) is 27.2 Å². The quantitative estimate of drug-likeness (QED) is 0.657. The Labute approximate surface area is 112 Å². The van der Waals surface area contributed by atoms with Gasteiger partial charge in [-0.3, -0.25) is 0 Å². The van der Waals surface area contributed by atoms with Gasteiger partial charge >= 0.3 is 11.9 Å². The van der Waals surface area contributed by atoms with Crippen molar-refractivity contribution in [1.82, 2.24) is 0 Å². The van der Waals surface area contributed by atoms with E-state index in [0.717, 1.165) is 0 Å². The van der Waals surface area contributed by atoms with Crippen LogP contribution < -0.4 is 0 Å². The number of methoxy groups -OCH3 is 1. The number of esters is 2. The average molecular weight is 276 g/mol. The SMILES string of the molecule is CCOC(=O)[C@@H]1OC(CC)(OC)O[C@H]1C(=O)OCC. The van der Waals surface area contributed by atoms with E-state index in [1.165, 1.54) is 7.11 Å². The minimum absolute atomic E-state index is 0.181. The van der Waals surface area contributed by atoms with Crippen LogP contribution in [0.5, 0.6) is 0 Å². The zero-order valence-electron chi connectivity index (χ0n) is 11.6. The van der Waals surface area contributed by atoms with Gasteiger partial charge in [0.2, 0.25) is 0 Å². The molecule has 0 aromatic heterocycles.